The minimum absolute atomic E-state index is 0.0389. The predicted molar refractivity (Wildman–Crippen MR) is 84.3 cm³/mol. The van der Waals surface area contributed by atoms with E-state index in [0.29, 0.717) is 0 Å². The number of thiazole rings is 1. The van der Waals surface area contributed by atoms with Crippen LogP contribution in [-0.2, 0) is 6.42 Å². The van der Waals surface area contributed by atoms with Gasteiger partial charge in [-0.05, 0) is 62.2 Å². The van der Waals surface area contributed by atoms with E-state index in [1.165, 1.54) is 42.7 Å². The van der Waals surface area contributed by atoms with Crippen LogP contribution in [0, 0.1) is 5.82 Å². The van der Waals surface area contributed by atoms with E-state index in [0.717, 1.165) is 42.2 Å². The van der Waals surface area contributed by atoms with E-state index < -0.39 is 0 Å². The molecule has 2 aromatic rings. The van der Waals surface area contributed by atoms with Gasteiger partial charge in [-0.1, -0.05) is 17.8 Å². The van der Waals surface area contributed by atoms with Crippen molar-refractivity contribution >= 4 is 11.3 Å². The molecule has 0 spiro atoms. The summed E-state index contributed by atoms with van der Waals surface area (Å²) in [6.45, 7) is 3.30. The number of hydrogen-bond donors (Lipinski definition) is 1. The Morgan fingerprint density at radius 1 is 1.14 bits per heavy atom. The number of piperidine rings is 1. The maximum Gasteiger partial charge on any atom is 0.305 e. The Balaban J connectivity index is 1.75. The number of nitrogens with zero attached hydrogens (tertiary/aromatic N) is 1. The fraction of sp³-hybridized carbons (Fsp3) is 0.438. The van der Waals surface area contributed by atoms with Crippen molar-refractivity contribution < 1.29 is 4.39 Å². The molecule has 0 saturated carbocycles. The Labute approximate surface area is 127 Å². The number of aromatic nitrogens is 1. The minimum Gasteiger partial charge on any atom is -0.312 e. The van der Waals surface area contributed by atoms with E-state index in [2.05, 4.69) is 9.88 Å². The van der Waals surface area contributed by atoms with Gasteiger partial charge in [0.1, 0.15) is 5.82 Å². The first-order valence-electron chi connectivity index (χ1n) is 7.42. The molecule has 0 amide bonds. The molecule has 3 nitrogen and oxygen atoms in total. The monoisotopic (exact) mass is 306 g/mol. The number of rotatable bonds is 4. The van der Waals surface area contributed by atoms with E-state index in [9.17, 15) is 9.18 Å². The number of likely N-dealkylation sites (tertiary alicyclic amines) is 1. The maximum absolute atomic E-state index is 13.0. The zero-order chi connectivity index (χ0) is 14.7. The largest absolute Gasteiger partial charge is 0.312 e. The molecule has 1 fully saturated rings. The average Bonchev–Trinajstić information content (AvgIpc) is 2.88. The van der Waals surface area contributed by atoms with Gasteiger partial charge in [-0.3, -0.25) is 4.79 Å². The van der Waals surface area contributed by atoms with Crippen LogP contribution in [0.5, 0.6) is 0 Å². The second-order valence-corrected chi connectivity index (χ2v) is 6.54. The molecule has 0 radical (unpaired) electrons. The molecule has 3 rings (SSSR count). The predicted octanol–water partition coefficient (Wildman–Crippen LogP) is 3.27. The van der Waals surface area contributed by atoms with Crippen LogP contribution < -0.4 is 4.87 Å². The van der Waals surface area contributed by atoms with Crippen molar-refractivity contribution in [2.24, 2.45) is 0 Å². The highest BCUT2D eigenvalue weighted by Crippen LogP contribution is 2.24. The lowest BCUT2D eigenvalue weighted by Crippen LogP contribution is -2.31. The van der Waals surface area contributed by atoms with Crippen LogP contribution in [-0.4, -0.2) is 29.5 Å². The van der Waals surface area contributed by atoms with E-state index in [1.807, 2.05) is 0 Å². The van der Waals surface area contributed by atoms with Crippen LogP contribution in [0.2, 0.25) is 0 Å². The first-order valence-corrected chi connectivity index (χ1v) is 8.24. The maximum atomic E-state index is 13.0. The smallest absolute Gasteiger partial charge is 0.305 e. The van der Waals surface area contributed by atoms with Gasteiger partial charge in [0, 0.05) is 11.4 Å². The molecule has 0 bridgehead atoms. The summed E-state index contributed by atoms with van der Waals surface area (Å²) in [7, 11) is 0. The van der Waals surface area contributed by atoms with Crippen LogP contribution in [0.15, 0.2) is 29.1 Å². The molecular formula is C16H19FN2OS. The summed E-state index contributed by atoms with van der Waals surface area (Å²) in [4.78, 5) is 18.1. The van der Waals surface area contributed by atoms with Gasteiger partial charge in [-0.15, -0.1) is 0 Å². The Morgan fingerprint density at radius 2 is 1.86 bits per heavy atom. The summed E-state index contributed by atoms with van der Waals surface area (Å²) >= 11 is 1.27. The molecule has 21 heavy (non-hydrogen) atoms. The third-order valence-corrected chi connectivity index (χ3v) is 4.90. The third-order valence-electron chi connectivity index (χ3n) is 3.96. The van der Waals surface area contributed by atoms with Gasteiger partial charge < -0.3 is 9.88 Å². The van der Waals surface area contributed by atoms with Gasteiger partial charge in [-0.2, -0.15) is 0 Å². The Bertz CT molecular complexity index is 641. The number of hydrogen-bond acceptors (Lipinski definition) is 3. The molecule has 0 atom stereocenters. The second-order valence-electron chi connectivity index (χ2n) is 5.47. The van der Waals surface area contributed by atoms with Crippen LogP contribution >= 0.6 is 11.3 Å². The summed E-state index contributed by atoms with van der Waals surface area (Å²) in [5, 5.41) is 0. The third kappa shape index (κ3) is 3.60. The molecule has 5 heteroatoms. The summed E-state index contributed by atoms with van der Waals surface area (Å²) in [5.74, 6) is -0.258. The molecule has 1 aromatic carbocycles. The SMILES string of the molecule is O=c1[nH]c(-c2ccc(F)cc2)c(CCN2CCCCC2)s1. The van der Waals surface area contributed by atoms with Crippen molar-refractivity contribution in [3.63, 3.8) is 0 Å². The molecule has 1 aliphatic rings. The standard InChI is InChI=1S/C16H19FN2OS/c17-13-6-4-12(5-7-13)15-14(21-16(20)18-15)8-11-19-9-2-1-3-10-19/h4-7H,1-3,8-11H2,(H,18,20). The lowest BCUT2D eigenvalue weighted by molar-refractivity contribution is 0.232. The van der Waals surface area contributed by atoms with E-state index in [-0.39, 0.29) is 10.7 Å². The molecule has 0 unspecified atom stereocenters. The normalized spacial score (nSPS) is 16.2. The Kier molecular flexibility index (Phi) is 4.51. The van der Waals surface area contributed by atoms with Gasteiger partial charge in [0.15, 0.2) is 0 Å². The summed E-state index contributed by atoms with van der Waals surface area (Å²) in [5.41, 5.74) is 1.73. The van der Waals surface area contributed by atoms with Crippen LogP contribution in [0.4, 0.5) is 4.39 Å². The average molecular weight is 306 g/mol. The van der Waals surface area contributed by atoms with E-state index >= 15 is 0 Å². The van der Waals surface area contributed by atoms with Crippen molar-refractivity contribution in [3.8, 4) is 11.3 Å². The zero-order valence-electron chi connectivity index (χ0n) is 11.9. The van der Waals surface area contributed by atoms with Gasteiger partial charge in [0.25, 0.3) is 0 Å². The molecule has 1 saturated heterocycles. The lowest BCUT2D eigenvalue weighted by Gasteiger charge is -2.26. The number of aromatic amines is 1. The van der Waals surface area contributed by atoms with Crippen molar-refractivity contribution in [3.05, 3.63) is 44.6 Å². The van der Waals surface area contributed by atoms with Crippen molar-refractivity contribution in [1.82, 2.24) is 9.88 Å². The fourth-order valence-corrected chi connectivity index (χ4v) is 3.67. The topological polar surface area (TPSA) is 36.1 Å². The second kappa shape index (κ2) is 6.54. The first-order chi connectivity index (χ1) is 10.2. The van der Waals surface area contributed by atoms with Crippen molar-refractivity contribution in [1.29, 1.82) is 0 Å². The summed E-state index contributed by atoms with van der Waals surface area (Å²) < 4.78 is 13.0. The highest BCUT2D eigenvalue weighted by atomic mass is 32.1. The molecule has 112 valence electrons. The minimum atomic E-state index is -0.258. The van der Waals surface area contributed by atoms with Crippen molar-refractivity contribution in [2.45, 2.75) is 25.7 Å². The highest BCUT2D eigenvalue weighted by molar-refractivity contribution is 7.09. The van der Waals surface area contributed by atoms with Gasteiger partial charge in [0.05, 0.1) is 5.69 Å². The molecule has 1 N–H and O–H groups in total. The van der Waals surface area contributed by atoms with Crippen molar-refractivity contribution in [2.75, 3.05) is 19.6 Å². The van der Waals surface area contributed by atoms with E-state index in [4.69, 9.17) is 0 Å². The Hall–Kier alpha value is -1.46. The number of nitrogens with one attached hydrogen (secondary N) is 1. The molecule has 1 aromatic heterocycles. The van der Waals surface area contributed by atoms with Gasteiger partial charge in [-0.25, -0.2) is 4.39 Å². The highest BCUT2D eigenvalue weighted by Gasteiger charge is 2.14. The zero-order valence-corrected chi connectivity index (χ0v) is 12.7. The molecule has 0 aliphatic carbocycles. The fourth-order valence-electron chi connectivity index (χ4n) is 2.83. The van der Waals surface area contributed by atoms with Crippen LogP contribution in [0.1, 0.15) is 24.1 Å². The number of H-pyrrole nitrogens is 1. The number of benzene rings is 1. The molecule has 2 heterocycles. The Morgan fingerprint density at radius 3 is 2.57 bits per heavy atom. The quantitative estimate of drug-likeness (QED) is 0.941. The number of halogens is 1. The molecule has 1 aliphatic heterocycles. The van der Waals surface area contributed by atoms with Crippen LogP contribution in [0.3, 0.4) is 0 Å². The lowest BCUT2D eigenvalue weighted by atomic mass is 10.1. The first kappa shape index (κ1) is 14.5. The van der Waals surface area contributed by atoms with Gasteiger partial charge in [0.2, 0.25) is 0 Å². The van der Waals surface area contributed by atoms with E-state index in [1.54, 1.807) is 12.1 Å². The van der Waals surface area contributed by atoms with Crippen LogP contribution in [0.25, 0.3) is 11.3 Å². The summed E-state index contributed by atoms with van der Waals surface area (Å²) in [6, 6.07) is 6.30. The van der Waals surface area contributed by atoms with Gasteiger partial charge >= 0.3 is 4.87 Å². The molecular weight excluding hydrogens is 287 g/mol. The summed E-state index contributed by atoms with van der Waals surface area (Å²) in [6.07, 6.45) is 4.74.